The van der Waals surface area contributed by atoms with E-state index in [1.54, 1.807) is 0 Å². The summed E-state index contributed by atoms with van der Waals surface area (Å²) >= 11 is 0. The largest absolute Gasteiger partial charge is 0.491 e. The highest BCUT2D eigenvalue weighted by Crippen LogP contribution is 2.34. The highest BCUT2D eigenvalue weighted by molar-refractivity contribution is 5.34. The van der Waals surface area contributed by atoms with Crippen LogP contribution in [0.15, 0.2) is 48.5 Å². The van der Waals surface area contributed by atoms with E-state index in [4.69, 9.17) is 4.74 Å². The smallest absolute Gasteiger partial charge is 0.173 e. The van der Waals surface area contributed by atoms with Crippen LogP contribution in [0.5, 0.6) is 5.75 Å². The van der Waals surface area contributed by atoms with Crippen molar-refractivity contribution in [3.63, 3.8) is 0 Å². The zero-order valence-corrected chi connectivity index (χ0v) is 18.5. The Labute approximate surface area is 178 Å². The number of nitrogens with zero attached hydrogens (tertiary/aromatic N) is 5. The summed E-state index contributed by atoms with van der Waals surface area (Å²) in [6.07, 6.45) is 1.18. The van der Waals surface area contributed by atoms with Crippen LogP contribution in [0.2, 0.25) is 0 Å². The second-order valence-corrected chi connectivity index (χ2v) is 9.25. The molecule has 1 unspecified atom stereocenters. The van der Waals surface area contributed by atoms with Crippen molar-refractivity contribution in [2.24, 2.45) is 0 Å². The quantitative estimate of drug-likeness (QED) is 0.631. The van der Waals surface area contributed by atoms with Crippen LogP contribution >= 0.6 is 0 Å². The maximum atomic E-state index is 5.85. The minimum atomic E-state index is -0.203. The minimum Gasteiger partial charge on any atom is -0.491 e. The molecular formula is C24H31N5O. The van der Waals surface area contributed by atoms with Crippen LogP contribution in [0.25, 0.3) is 0 Å². The molecule has 1 aliphatic heterocycles. The third-order valence-corrected chi connectivity index (χ3v) is 5.47. The number of benzene rings is 2. The zero-order valence-electron chi connectivity index (χ0n) is 18.5. The highest BCUT2D eigenvalue weighted by Gasteiger charge is 2.33. The monoisotopic (exact) mass is 405 g/mol. The van der Waals surface area contributed by atoms with Crippen molar-refractivity contribution in [2.75, 3.05) is 6.54 Å². The molecule has 0 bridgehead atoms. The number of tetrazole rings is 1. The summed E-state index contributed by atoms with van der Waals surface area (Å²) in [6.45, 7) is 12.3. The molecule has 1 aliphatic rings. The molecule has 0 N–H and O–H groups in total. The first kappa shape index (κ1) is 20.5. The van der Waals surface area contributed by atoms with Gasteiger partial charge in [0.25, 0.3) is 0 Å². The molecule has 0 radical (unpaired) electrons. The van der Waals surface area contributed by atoms with E-state index in [1.165, 1.54) is 16.7 Å². The summed E-state index contributed by atoms with van der Waals surface area (Å²) < 4.78 is 7.81. The van der Waals surface area contributed by atoms with Gasteiger partial charge in [-0.2, -0.15) is 0 Å². The number of fused-ring (bicyclic) bond motifs is 1. The van der Waals surface area contributed by atoms with Crippen LogP contribution in [0.1, 0.15) is 63.2 Å². The Hall–Kier alpha value is -2.73. The van der Waals surface area contributed by atoms with E-state index in [2.05, 4.69) is 77.6 Å². The summed E-state index contributed by atoms with van der Waals surface area (Å²) in [5.74, 6) is 1.76. The SMILES string of the molecule is CC(C)Oc1ccc(C(c2nnnn2C(C)(C)C)N2CCc3ccccc3C2)cc1. The standard InChI is InChI=1S/C24H31N5O/c1-17(2)30-21-12-10-19(11-13-21)22(23-25-26-27-29(23)24(3,4)5)28-15-14-18-8-6-7-9-20(18)16-28/h6-13,17,22H,14-16H2,1-5H3. The van der Waals surface area contributed by atoms with E-state index < -0.39 is 0 Å². The maximum Gasteiger partial charge on any atom is 0.173 e. The molecule has 4 rings (SSSR count). The lowest BCUT2D eigenvalue weighted by Crippen LogP contribution is -2.38. The normalized spacial score (nSPS) is 15.8. The van der Waals surface area contributed by atoms with Gasteiger partial charge in [-0.3, -0.25) is 4.90 Å². The first-order valence-corrected chi connectivity index (χ1v) is 10.7. The lowest BCUT2D eigenvalue weighted by atomic mass is 9.95. The topological polar surface area (TPSA) is 56.1 Å². The molecule has 0 saturated heterocycles. The Balaban J connectivity index is 1.74. The van der Waals surface area contributed by atoms with E-state index in [9.17, 15) is 0 Å². The molecule has 1 atom stereocenters. The number of aromatic nitrogens is 4. The predicted molar refractivity (Wildman–Crippen MR) is 117 cm³/mol. The average molecular weight is 406 g/mol. The van der Waals surface area contributed by atoms with Crippen molar-refractivity contribution < 1.29 is 4.74 Å². The number of rotatable bonds is 5. The summed E-state index contributed by atoms with van der Waals surface area (Å²) in [5.41, 5.74) is 3.78. The molecule has 158 valence electrons. The molecule has 2 aromatic carbocycles. The third-order valence-electron chi connectivity index (χ3n) is 5.47. The van der Waals surface area contributed by atoms with Crippen LogP contribution in [0, 0.1) is 0 Å². The Bertz CT molecular complexity index is 987. The zero-order chi connectivity index (χ0) is 21.3. The van der Waals surface area contributed by atoms with Gasteiger partial charge in [-0.05, 0) is 80.3 Å². The number of hydrogen-bond donors (Lipinski definition) is 0. The van der Waals surface area contributed by atoms with Crippen LogP contribution in [0.4, 0.5) is 0 Å². The number of hydrogen-bond acceptors (Lipinski definition) is 5. The lowest BCUT2D eigenvalue weighted by Gasteiger charge is -2.36. The van der Waals surface area contributed by atoms with E-state index >= 15 is 0 Å². The number of ether oxygens (including phenoxy) is 1. The van der Waals surface area contributed by atoms with E-state index in [0.29, 0.717) is 0 Å². The Morgan fingerprint density at radius 1 is 0.967 bits per heavy atom. The summed E-state index contributed by atoms with van der Waals surface area (Å²) in [4.78, 5) is 2.48. The Morgan fingerprint density at radius 3 is 2.33 bits per heavy atom. The first-order chi connectivity index (χ1) is 14.3. The second kappa shape index (κ2) is 8.19. The van der Waals surface area contributed by atoms with Gasteiger partial charge < -0.3 is 4.74 Å². The fourth-order valence-electron chi connectivity index (χ4n) is 4.10. The third kappa shape index (κ3) is 4.24. The van der Waals surface area contributed by atoms with Crippen molar-refractivity contribution in [3.05, 3.63) is 71.0 Å². The van der Waals surface area contributed by atoms with Crippen LogP contribution in [-0.2, 0) is 18.5 Å². The molecule has 0 saturated carbocycles. The molecule has 30 heavy (non-hydrogen) atoms. The minimum absolute atomic E-state index is 0.0271. The van der Waals surface area contributed by atoms with Gasteiger partial charge in [0, 0.05) is 13.1 Å². The highest BCUT2D eigenvalue weighted by atomic mass is 16.5. The van der Waals surface area contributed by atoms with E-state index in [-0.39, 0.29) is 17.7 Å². The van der Waals surface area contributed by atoms with Gasteiger partial charge in [0.2, 0.25) is 0 Å². The van der Waals surface area contributed by atoms with Gasteiger partial charge in [-0.1, -0.05) is 36.4 Å². The van der Waals surface area contributed by atoms with Gasteiger partial charge >= 0.3 is 0 Å². The van der Waals surface area contributed by atoms with Crippen molar-refractivity contribution in [2.45, 2.75) is 65.3 Å². The van der Waals surface area contributed by atoms with Gasteiger partial charge in [0.15, 0.2) is 5.82 Å². The Kier molecular flexibility index (Phi) is 5.60. The van der Waals surface area contributed by atoms with Crippen molar-refractivity contribution in [3.8, 4) is 5.75 Å². The molecule has 0 amide bonds. The predicted octanol–water partition coefficient (Wildman–Crippen LogP) is 4.36. The molecule has 1 aromatic heterocycles. The van der Waals surface area contributed by atoms with Crippen LogP contribution < -0.4 is 4.74 Å². The van der Waals surface area contributed by atoms with E-state index in [1.807, 2.05) is 30.7 Å². The molecule has 0 fully saturated rings. The van der Waals surface area contributed by atoms with Gasteiger partial charge in [-0.15, -0.1) is 5.10 Å². The molecule has 2 heterocycles. The first-order valence-electron chi connectivity index (χ1n) is 10.7. The van der Waals surface area contributed by atoms with Gasteiger partial charge in [-0.25, -0.2) is 4.68 Å². The molecule has 0 spiro atoms. The van der Waals surface area contributed by atoms with Crippen molar-refractivity contribution in [1.29, 1.82) is 0 Å². The summed E-state index contributed by atoms with van der Waals surface area (Å²) in [6, 6.07) is 17.1. The van der Waals surface area contributed by atoms with Crippen LogP contribution in [0.3, 0.4) is 0 Å². The average Bonchev–Trinajstić information content (AvgIpc) is 3.19. The summed E-state index contributed by atoms with van der Waals surface area (Å²) in [7, 11) is 0. The molecule has 6 heteroatoms. The van der Waals surface area contributed by atoms with Crippen LogP contribution in [-0.4, -0.2) is 37.8 Å². The fourth-order valence-corrected chi connectivity index (χ4v) is 4.10. The lowest BCUT2D eigenvalue weighted by molar-refractivity contribution is 0.185. The molecule has 6 nitrogen and oxygen atoms in total. The van der Waals surface area contributed by atoms with E-state index in [0.717, 1.165) is 31.1 Å². The second-order valence-electron chi connectivity index (χ2n) is 9.25. The maximum absolute atomic E-state index is 5.85. The van der Waals surface area contributed by atoms with Gasteiger partial charge in [0.1, 0.15) is 5.75 Å². The Morgan fingerprint density at radius 2 is 1.67 bits per heavy atom. The fraction of sp³-hybridized carbons (Fsp3) is 0.458. The van der Waals surface area contributed by atoms with Crippen molar-refractivity contribution in [1.82, 2.24) is 25.1 Å². The van der Waals surface area contributed by atoms with Crippen molar-refractivity contribution >= 4 is 0 Å². The molecule has 3 aromatic rings. The molecule has 0 aliphatic carbocycles. The molecular weight excluding hydrogens is 374 g/mol. The summed E-state index contributed by atoms with van der Waals surface area (Å²) in [5, 5.41) is 12.9. The van der Waals surface area contributed by atoms with Gasteiger partial charge in [0.05, 0.1) is 17.7 Å².